The van der Waals surface area contributed by atoms with E-state index in [9.17, 15) is 13.2 Å². The number of nitrogens with two attached hydrogens (primary N) is 1. The summed E-state index contributed by atoms with van der Waals surface area (Å²) in [6.45, 7) is 8.92. The number of rotatable bonds is 6. The molecule has 0 aliphatic rings. The lowest BCUT2D eigenvalue weighted by molar-refractivity contribution is -0.123. The molecule has 108 valence electrons. The highest BCUT2D eigenvalue weighted by molar-refractivity contribution is 7.92. The van der Waals surface area contributed by atoms with Gasteiger partial charge in [-0.3, -0.25) is 4.79 Å². The van der Waals surface area contributed by atoms with E-state index in [4.69, 9.17) is 5.73 Å². The van der Waals surface area contributed by atoms with Crippen LogP contribution < -0.4 is 11.1 Å². The molecule has 0 heterocycles. The van der Waals surface area contributed by atoms with E-state index >= 15 is 0 Å². The molecule has 0 spiro atoms. The SMILES string of the molecule is CCC(C)C(N)C(=O)NCCS(=O)(=O)C(C)(C)C. The van der Waals surface area contributed by atoms with Crippen molar-refractivity contribution in [2.45, 2.75) is 51.8 Å². The number of nitrogens with one attached hydrogen (secondary N) is 1. The molecule has 0 aromatic heterocycles. The van der Waals surface area contributed by atoms with Crippen LogP contribution in [-0.2, 0) is 14.6 Å². The number of sulfone groups is 1. The third-order valence-corrected chi connectivity index (χ3v) is 5.77. The van der Waals surface area contributed by atoms with Gasteiger partial charge in [-0.25, -0.2) is 8.42 Å². The molecule has 1 amide bonds. The second-order valence-electron chi connectivity index (χ2n) is 5.63. The number of carbonyl (C=O) groups is 1. The quantitative estimate of drug-likeness (QED) is 0.748. The Bertz CT molecular complexity index is 371. The monoisotopic (exact) mass is 278 g/mol. The van der Waals surface area contributed by atoms with E-state index in [1.54, 1.807) is 20.8 Å². The summed E-state index contributed by atoms with van der Waals surface area (Å²) < 4.78 is 22.8. The van der Waals surface area contributed by atoms with Gasteiger partial charge in [-0.05, 0) is 26.7 Å². The predicted octanol–water partition coefficient (Wildman–Crippen LogP) is 0.689. The molecule has 2 atom stereocenters. The van der Waals surface area contributed by atoms with Gasteiger partial charge in [0.25, 0.3) is 0 Å². The first-order valence-corrected chi connectivity index (χ1v) is 7.93. The molecule has 0 radical (unpaired) electrons. The molecular weight excluding hydrogens is 252 g/mol. The first kappa shape index (κ1) is 17.4. The lowest BCUT2D eigenvalue weighted by atomic mass is 9.99. The van der Waals surface area contributed by atoms with Gasteiger partial charge in [0.2, 0.25) is 5.91 Å². The minimum Gasteiger partial charge on any atom is -0.354 e. The second-order valence-corrected chi connectivity index (χ2v) is 8.50. The predicted molar refractivity (Wildman–Crippen MR) is 74.0 cm³/mol. The van der Waals surface area contributed by atoms with Crippen LogP contribution in [0.1, 0.15) is 41.0 Å². The van der Waals surface area contributed by atoms with Crippen molar-refractivity contribution < 1.29 is 13.2 Å². The van der Waals surface area contributed by atoms with E-state index in [1.165, 1.54) is 0 Å². The van der Waals surface area contributed by atoms with Gasteiger partial charge >= 0.3 is 0 Å². The highest BCUT2D eigenvalue weighted by atomic mass is 32.2. The van der Waals surface area contributed by atoms with Gasteiger partial charge in [0, 0.05) is 6.54 Å². The van der Waals surface area contributed by atoms with Crippen LogP contribution in [0.5, 0.6) is 0 Å². The standard InChI is InChI=1S/C12H26N2O3S/c1-6-9(2)10(13)11(15)14-7-8-18(16,17)12(3,4)5/h9-10H,6-8,13H2,1-5H3,(H,14,15). The van der Waals surface area contributed by atoms with E-state index in [0.717, 1.165) is 6.42 Å². The van der Waals surface area contributed by atoms with Crippen LogP contribution in [0.3, 0.4) is 0 Å². The van der Waals surface area contributed by atoms with Gasteiger partial charge in [-0.15, -0.1) is 0 Å². The molecule has 3 N–H and O–H groups in total. The zero-order valence-corrected chi connectivity index (χ0v) is 12.8. The molecule has 0 fully saturated rings. The van der Waals surface area contributed by atoms with Crippen LogP contribution in [-0.4, -0.2) is 37.4 Å². The van der Waals surface area contributed by atoms with Crippen molar-refractivity contribution >= 4 is 15.7 Å². The van der Waals surface area contributed by atoms with E-state index in [2.05, 4.69) is 5.32 Å². The highest BCUT2D eigenvalue weighted by Gasteiger charge is 2.28. The van der Waals surface area contributed by atoms with Crippen molar-refractivity contribution in [3.8, 4) is 0 Å². The van der Waals surface area contributed by atoms with Crippen molar-refractivity contribution in [2.75, 3.05) is 12.3 Å². The molecule has 0 bridgehead atoms. The maximum atomic E-state index is 11.8. The summed E-state index contributed by atoms with van der Waals surface area (Å²) in [4.78, 5) is 11.6. The largest absolute Gasteiger partial charge is 0.354 e. The highest BCUT2D eigenvalue weighted by Crippen LogP contribution is 2.15. The maximum absolute atomic E-state index is 11.8. The Morgan fingerprint density at radius 2 is 1.83 bits per heavy atom. The Kier molecular flexibility index (Phi) is 6.29. The van der Waals surface area contributed by atoms with E-state index in [-0.39, 0.29) is 24.1 Å². The Hall–Kier alpha value is -0.620. The van der Waals surface area contributed by atoms with E-state index in [0.29, 0.717) is 0 Å². The minimum absolute atomic E-state index is 0.0601. The Morgan fingerprint density at radius 1 is 1.33 bits per heavy atom. The summed E-state index contributed by atoms with van der Waals surface area (Å²) in [6.07, 6.45) is 0.814. The number of hydrogen-bond acceptors (Lipinski definition) is 4. The average molecular weight is 278 g/mol. The molecule has 6 heteroatoms. The number of amides is 1. The third kappa shape index (κ3) is 4.94. The fourth-order valence-corrected chi connectivity index (χ4v) is 2.23. The van der Waals surface area contributed by atoms with Crippen LogP contribution >= 0.6 is 0 Å². The fourth-order valence-electron chi connectivity index (χ4n) is 1.24. The third-order valence-electron chi connectivity index (χ3n) is 3.16. The summed E-state index contributed by atoms with van der Waals surface area (Å²) in [5.41, 5.74) is 5.75. The first-order valence-electron chi connectivity index (χ1n) is 6.28. The van der Waals surface area contributed by atoms with Gasteiger partial charge in [0.05, 0.1) is 16.5 Å². The molecule has 0 saturated heterocycles. The molecule has 5 nitrogen and oxygen atoms in total. The van der Waals surface area contributed by atoms with Crippen molar-refractivity contribution in [3.63, 3.8) is 0 Å². The Labute approximate surface area is 110 Å². The minimum atomic E-state index is -3.20. The first-order chi connectivity index (χ1) is 8.03. The maximum Gasteiger partial charge on any atom is 0.237 e. The van der Waals surface area contributed by atoms with Crippen molar-refractivity contribution in [3.05, 3.63) is 0 Å². The van der Waals surface area contributed by atoms with Crippen LogP contribution in [0.2, 0.25) is 0 Å². The second kappa shape index (κ2) is 6.52. The summed E-state index contributed by atoms with van der Waals surface area (Å²) in [5.74, 6) is -0.257. The van der Waals surface area contributed by atoms with Gasteiger partial charge in [0.1, 0.15) is 0 Å². The van der Waals surface area contributed by atoms with Crippen LogP contribution in [0.4, 0.5) is 0 Å². The summed E-state index contributed by atoms with van der Waals surface area (Å²) in [5, 5.41) is 2.58. The fraction of sp³-hybridized carbons (Fsp3) is 0.917. The van der Waals surface area contributed by atoms with Crippen molar-refractivity contribution in [2.24, 2.45) is 11.7 Å². The molecule has 0 aromatic rings. The lowest BCUT2D eigenvalue weighted by Crippen LogP contribution is -2.46. The van der Waals surface area contributed by atoms with Crippen molar-refractivity contribution in [1.29, 1.82) is 0 Å². The summed E-state index contributed by atoms with van der Waals surface area (Å²) >= 11 is 0. The van der Waals surface area contributed by atoms with E-state index in [1.807, 2.05) is 13.8 Å². The molecule has 0 aliphatic heterocycles. The molecule has 0 aliphatic carbocycles. The average Bonchev–Trinajstić information content (AvgIpc) is 2.24. The zero-order chi connectivity index (χ0) is 14.6. The van der Waals surface area contributed by atoms with Gasteiger partial charge < -0.3 is 11.1 Å². The molecule has 0 rings (SSSR count). The summed E-state index contributed by atoms with van der Waals surface area (Å²) in [6, 6.07) is -0.577. The van der Waals surface area contributed by atoms with Gasteiger partial charge in [-0.2, -0.15) is 0 Å². The lowest BCUT2D eigenvalue weighted by Gasteiger charge is -2.21. The molecular formula is C12H26N2O3S. The van der Waals surface area contributed by atoms with Crippen LogP contribution in [0.25, 0.3) is 0 Å². The topological polar surface area (TPSA) is 89.3 Å². The molecule has 0 saturated carbocycles. The zero-order valence-electron chi connectivity index (χ0n) is 12.0. The Balaban J connectivity index is 4.26. The smallest absolute Gasteiger partial charge is 0.237 e. The van der Waals surface area contributed by atoms with Gasteiger partial charge in [-0.1, -0.05) is 20.3 Å². The number of carbonyl (C=O) groups excluding carboxylic acids is 1. The molecule has 0 aromatic carbocycles. The normalized spacial score (nSPS) is 16.1. The van der Waals surface area contributed by atoms with Crippen molar-refractivity contribution in [1.82, 2.24) is 5.32 Å². The van der Waals surface area contributed by atoms with Crippen LogP contribution in [0, 0.1) is 5.92 Å². The number of hydrogen-bond donors (Lipinski definition) is 2. The molecule has 18 heavy (non-hydrogen) atoms. The van der Waals surface area contributed by atoms with Crippen LogP contribution in [0.15, 0.2) is 0 Å². The molecule has 2 unspecified atom stereocenters. The summed E-state index contributed by atoms with van der Waals surface area (Å²) in [7, 11) is -3.20. The van der Waals surface area contributed by atoms with E-state index < -0.39 is 20.6 Å². The Morgan fingerprint density at radius 3 is 2.22 bits per heavy atom. The van der Waals surface area contributed by atoms with Gasteiger partial charge in [0.15, 0.2) is 9.84 Å².